The van der Waals surface area contributed by atoms with Crippen LogP contribution in [0.15, 0.2) is 23.1 Å². The predicted molar refractivity (Wildman–Crippen MR) is 89.9 cm³/mol. The predicted octanol–water partition coefficient (Wildman–Crippen LogP) is 1.26. The minimum atomic E-state index is -3.70. The first-order chi connectivity index (χ1) is 10.6. The largest absolute Gasteiger partial charge is 0.492 e. The molecule has 0 radical (unpaired) electrons. The summed E-state index contributed by atoms with van der Waals surface area (Å²) in [6.45, 7) is 5.78. The summed E-state index contributed by atoms with van der Waals surface area (Å²) in [5.74, 6) is -0.146. The first-order valence-corrected chi connectivity index (χ1v) is 8.81. The van der Waals surface area contributed by atoms with Crippen LogP contribution in [0.25, 0.3) is 0 Å². The Hall–Kier alpha value is -1.64. The molecular formula is C15H25N3O4S. The van der Waals surface area contributed by atoms with Crippen molar-refractivity contribution in [2.24, 2.45) is 11.7 Å². The van der Waals surface area contributed by atoms with Crippen LogP contribution < -0.4 is 15.8 Å². The van der Waals surface area contributed by atoms with E-state index >= 15 is 0 Å². The lowest BCUT2D eigenvalue weighted by Crippen LogP contribution is -2.39. The molecule has 0 aliphatic carbocycles. The van der Waals surface area contributed by atoms with Gasteiger partial charge in [0.05, 0.1) is 12.6 Å². The van der Waals surface area contributed by atoms with Crippen LogP contribution in [0.1, 0.15) is 20.8 Å². The molecule has 0 bridgehead atoms. The average Bonchev–Trinajstić information content (AvgIpc) is 2.47. The number of ether oxygens (including phenoxy) is 1. The number of carbonyl (C=O) groups is 1. The van der Waals surface area contributed by atoms with Crippen LogP contribution in [0.5, 0.6) is 5.75 Å². The smallest absolute Gasteiger partial charge is 0.246 e. The maximum atomic E-state index is 12.4. The zero-order valence-electron chi connectivity index (χ0n) is 14.2. The van der Waals surface area contributed by atoms with Crippen molar-refractivity contribution in [3.63, 3.8) is 0 Å². The molecule has 0 spiro atoms. The molecule has 1 rings (SSSR count). The van der Waals surface area contributed by atoms with Gasteiger partial charge in [-0.15, -0.1) is 0 Å². The van der Waals surface area contributed by atoms with Gasteiger partial charge in [-0.2, -0.15) is 0 Å². The average molecular weight is 343 g/mol. The van der Waals surface area contributed by atoms with Crippen molar-refractivity contribution in [2.75, 3.05) is 26.0 Å². The fourth-order valence-electron chi connectivity index (χ4n) is 1.79. The van der Waals surface area contributed by atoms with Crippen molar-refractivity contribution in [3.8, 4) is 5.75 Å². The number of nitrogens with one attached hydrogen (secondary N) is 1. The number of hydrogen-bond acceptors (Lipinski definition) is 5. The fraction of sp³-hybridized carbons (Fsp3) is 0.533. The normalized spacial score (nSPS) is 13.2. The maximum absolute atomic E-state index is 12.4. The Labute approximate surface area is 137 Å². The molecule has 23 heavy (non-hydrogen) atoms. The highest BCUT2D eigenvalue weighted by Gasteiger charge is 2.24. The molecule has 0 fully saturated rings. The van der Waals surface area contributed by atoms with E-state index in [1.54, 1.807) is 13.0 Å². The summed E-state index contributed by atoms with van der Waals surface area (Å²) in [5.41, 5.74) is 6.15. The van der Waals surface area contributed by atoms with Gasteiger partial charge >= 0.3 is 0 Å². The molecule has 7 nitrogen and oxygen atoms in total. The van der Waals surface area contributed by atoms with Gasteiger partial charge in [-0.25, -0.2) is 12.7 Å². The topological polar surface area (TPSA) is 102 Å². The Balaban J connectivity index is 3.22. The van der Waals surface area contributed by atoms with Crippen LogP contribution in [0.4, 0.5) is 5.69 Å². The van der Waals surface area contributed by atoms with Crippen LogP contribution in [0, 0.1) is 5.92 Å². The number of nitrogens with zero attached hydrogens (tertiary/aromatic N) is 1. The second kappa shape index (κ2) is 7.76. The summed E-state index contributed by atoms with van der Waals surface area (Å²) in [4.78, 5) is 12.0. The fourth-order valence-corrected chi connectivity index (χ4v) is 2.84. The number of anilines is 1. The second-order valence-electron chi connectivity index (χ2n) is 5.64. The van der Waals surface area contributed by atoms with E-state index in [1.807, 2.05) is 13.8 Å². The lowest BCUT2D eigenvalue weighted by molar-refractivity contribution is -0.118. The van der Waals surface area contributed by atoms with E-state index < -0.39 is 16.1 Å². The Morgan fingerprint density at radius 1 is 1.35 bits per heavy atom. The summed E-state index contributed by atoms with van der Waals surface area (Å²) in [6, 6.07) is 3.82. The summed E-state index contributed by atoms with van der Waals surface area (Å²) in [7, 11) is -0.828. The standard InChI is InChI=1S/C15H25N3O4S/c1-6-22-12-8-7-11(17-15(19)14(16)10(2)3)9-13(12)23(20,21)18(4)5/h7-10,14H,6,16H2,1-5H3,(H,17,19). The van der Waals surface area contributed by atoms with Crippen molar-refractivity contribution >= 4 is 21.6 Å². The van der Waals surface area contributed by atoms with Gasteiger partial charge in [0.1, 0.15) is 10.6 Å². The highest BCUT2D eigenvalue weighted by atomic mass is 32.2. The molecule has 3 N–H and O–H groups in total. The van der Waals surface area contributed by atoms with Gasteiger partial charge in [-0.3, -0.25) is 4.79 Å². The minimum Gasteiger partial charge on any atom is -0.492 e. The third-order valence-electron chi connectivity index (χ3n) is 3.29. The number of benzene rings is 1. The lowest BCUT2D eigenvalue weighted by Gasteiger charge is -2.18. The summed E-state index contributed by atoms with van der Waals surface area (Å²) < 4.78 is 31.3. The highest BCUT2D eigenvalue weighted by Crippen LogP contribution is 2.29. The Morgan fingerprint density at radius 3 is 2.43 bits per heavy atom. The Kier molecular flexibility index (Phi) is 6.55. The van der Waals surface area contributed by atoms with Gasteiger partial charge < -0.3 is 15.8 Å². The number of hydrogen-bond donors (Lipinski definition) is 2. The van der Waals surface area contributed by atoms with E-state index in [9.17, 15) is 13.2 Å². The number of nitrogens with two attached hydrogens (primary N) is 1. The molecule has 0 aromatic heterocycles. The van der Waals surface area contributed by atoms with Crippen LogP contribution in [0.3, 0.4) is 0 Å². The molecule has 0 aliphatic rings. The summed E-state index contributed by atoms with van der Waals surface area (Å²) >= 11 is 0. The maximum Gasteiger partial charge on any atom is 0.246 e. The zero-order chi connectivity index (χ0) is 17.8. The van der Waals surface area contributed by atoms with E-state index in [4.69, 9.17) is 10.5 Å². The molecule has 0 heterocycles. The highest BCUT2D eigenvalue weighted by molar-refractivity contribution is 7.89. The molecule has 0 saturated carbocycles. The Morgan fingerprint density at radius 2 is 1.96 bits per heavy atom. The van der Waals surface area contributed by atoms with Gasteiger partial charge in [0.15, 0.2) is 0 Å². The van der Waals surface area contributed by atoms with Gasteiger partial charge in [-0.05, 0) is 31.0 Å². The van der Waals surface area contributed by atoms with Gasteiger partial charge in [0.25, 0.3) is 0 Å². The first-order valence-electron chi connectivity index (χ1n) is 7.37. The number of carbonyl (C=O) groups excluding carboxylic acids is 1. The number of sulfonamides is 1. The van der Waals surface area contributed by atoms with Crippen LogP contribution >= 0.6 is 0 Å². The van der Waals surface area contributed by atoms with Gasteiger partial charge in [0.2, 0.25) is 15.9 Å². The lowest BCUT2D eigenvalue weighted by atomic mass is 10.0. The molecule has 1 amide bonds. The van der Waals surface area contributed by atoms with Crippen molar-refractivity contribution in [3.05, 3.63) is 18.2 Å². The van der Waals surface area contributed by atoms with E-state index in [0.717, 1.165) is 4.31 Å². The molecular weight excluding hydrogens is 318 g/mol. The molecule has 0 saturated heterocycles. The SMILES string of the molecule is CCOc1ccc(NC(=O)C(N)C(C)C)cc1S(=O)(=O)N(C)C. The Bertz CT molecular complexity index is 657. The van der Waals surface area contributed by atoms with Gasteiger partial charge in [0, 0.05) is 19.8 Å². The van der Waals surface area contributed by atoms with E-state index in [0.29, 0.717) is 12.3 Å². The van der Waals surface area contributed by atoms with Gasteiger partial charge in [-0.1, -0.05) is 13.8 Å². The van der Waals surface area contributed by atoms with Crippen LogP contribution in [0.2, 0.25) is 0 Å². The second-order valence-corrected chi connectivity index (χ2v) is 7.76. The number of rotatable bonds is 7. The zero-order valence-corrected chi connectivity index (χ0v) is 15.0. The number of amides is 1. The molecule has 1 atom stereocenters. The monoisotopic (exact) mass is 343 g/mol. The van der Waals surface area contributed by atoms with Crippen LogP contribution in [-0.4, -0.2) is 45.4 Å². The summed E-state index contributed by atoms with van der Waals surface area (Å²) in [5, 5.41) is 2.64. The van der Waals surface area contributed by atoms with E-state index in [1.165, 1.54) is 26.2 Å². The molecule has 0 aliphatic heterocycles. The van der Waals surface area contributed by atoms with Crippen molar-refractivity contribution in [1.82, 2.24) is 4.31 Å². The first kappa shape index (κ1) is 19.4. The molecule has 130 valence electrons. The molecule has 1 aromatic carbocycles. The van der Waals surface area contributed by atoms with Crippen molar-refractivity contribution in [2.45, 2.75) is 31.7 Å². The van der Waals surface area contributed by atoms with E-state index in [-0.39, 0.29) is 22.5 Å². The third kappa shape index (κ3) is 4.66. The van der Waals surface area contributed by atoms with Crippen molar-refractivity contribution in [1.29, 1.82) is 0 Å². The minimum absolute atomic E-state index is 0.000248. The molecule has 8 heteroatoms. The quantitative estimate of drug-likeness (QED) is 0.776. The van der Waals surface area contributed by atoms with Crippen LogP contribution in [-0.2, 0) is 14.8 Å². The molecule has 1 aromatic rings. The molecule has 1 unspecified atom stereocenters. The van der Waals surface area contributed by atoms with Crippen molar-refractivity contribution < 1.29 is 17.9 Å². The summed E-state index contributed by atoms with van der Waals surface area (Å²) in [6.07, 6.45) is 0. The van der Waals surface area contributed by atoms with E-state index in [2.05, 4.69) is 5.32 Å². The third-order valence-corrected chi connectivity index (χ3v) is 5.13.